The monoisotopic (exact) mass is 350 g/mol. The van der Waals surface area contributed by atoms with Gasteiger partial charge in [0.1, 0.15) is 12.7 Å². The highest BCUT2D eigenvalue weighted by molar-refractivity contribution is 5.91. The molecule has 0 radical (unpaired) electrons. The maximum absolute atomic E-state index is 11.8. The van der Waals surface area contributed by atoms with Crippen molar-refractivity contribution in [1.82, 2.24) is 0 Å². The molecule has 0 aromatic heterocycles. The molecule has 0 aromatic carbocycles. The molecule has 0 bridgehead atoms. The zero-order valence-electron chi connectivity index (χ0n) is 15.2. The van der Waals surface area contributed by atoms with Gasteiger partial charge in [0, 0.05) is 5.41 Å². The molecule has 5 nitrogen and oxygen atoms in total. The molecule has 140 valence electrons. The second-order valence-electron chi connectivity index (χ2n) is 8.54. The Bertz CT molecular complexity index is 597. The van der Waals surface area contributed by atoms with Crippen molar-refractivity contribution in [3.05, 3.63) is 23.8 Å². The molecule has 0 aromatic rings. The SMILES string of the molecule is C=C1CC[C@@H]2C(C)(CO)[C@H](O)CC[C@@]2(C)C1C/C=C1/C(=O)OC[C@H]1O. The van der Waals surface area contributed by atoms with Gasteiger partial charge in [-0.2, -0.15) is 0 Å². The second-order valence-corrected chi connectivity index (χ2v) is 8.54. The lowest BCUT2D eigenvalue weighted by atomic mass is 9.46. The number of aliphatic hydroxyl groups is 3. The molecule has 2 aliphatic carbocycles. The molecule has 6 atom stereocenters. The number of carbonyl (C=O) groups excluding carboxylic acids is 1. The van der Waals surface area contributed by atoms with Crippen LogP contribution in [0.4, 0.5) is 0 Å². The van der Waals surface area contributed by atoms with E-state index < -0.39 is 23.6 Å². The first kappa shape index (κ1) is 18.6. The van der Waals surface area contributed by atoms with Gasteiger partial charge in [0.25, 0.3) is 0 Å². The molecule has 3 fully saturated rings. The quantitative estimate of drug-likeness (QED) is 0.411. The number of hydrogen-bond donors (Lipinski definition) is 3. The highest BCUT2D eigenvalue weighted by Gasteiger charge is 2.57. The lowest BCUT2D eigenvalue weighted by Gasteiger charge is -2.59. The zero-order valence-corrected chi connectivity index (χ0v) is 15.2. The summed E-state index contributed by atoms with van der Waals surface area (Å²) in [6, 6.07) is 0. The lowest BCUT2D eigenvalue weighted by Crippen LogP contribution is -2.57. The van der Waals surface area contributed by atoms with E-state index in [0.717, 1.165) is 24.8 Å². The molecular formula is C20H30O5. The molecule has 1 aliphatic heterocycles. The third-order valence-corrected chi connectivity index (χ3v) is 7.23. The average molecular weight is 350 g/mol. The maximum atomic E-state index is 11.8. The number of esters is 1. The molecule has 3 N–H and O–H groups in total. The van der Waals surface area contributed by atoms with E-state index in [0.29, 0.717) is 18.4 Å². The molecule has 1 saturated heterocycles. The predicted octanol–water partition coefficient (Wildman–Crippen LogP) is 1.96. The first-order valence-electron chi connectivity index (χ1n) is 9.26. The number of carbonyl (C=O) groups is 1. The predicted molar refractivity (Wildman–Crippen MR) is 93.6 cm³/mol. The summed E-state index contributed by atoms with van der Waals surface area (Å²) in [5.41, 5.74) is 0.911. The van der Waals surface area contributed by atoms with Gasteiger partial charge in [-0.1, -0.05) is 32.1 Å². The second kappa shape index (κ2) is 6.53. The van der Waals surface area contributed by atoms with Gasteiger partial charge in [0.15, 0.2) is 0 Å². The van der Waals surface area contributed by atoms with Gasteiger partial charge in [-0.3, -0.25) is 0 Å². The molecule has 0 amide bonds. The number of fused-ring (bicyclic) bond motifs is 1. The molecule has 3 aliphatic rings. The van der Waals surface area contributed by atoms with E-state index in [1.165, 1.54) is 0 Å². The Morgan fingerprint density at radius 2 is 2.04 bits per heavy atom. The Morgan fingerprint density at radius 1 is 1.32 bits per heavy atom. The third-order valence-electron chi connectivity index (χ3n) is 7.23. The Balaban J connectivity index is 1.89. The molecule has 2 unspecified atom stereocenters. The number of ether oxygens (including phenoxy) is 1. The molecule has 1 heterocycles. The number of cyclic esters (lactones) is 1. The summed E-state index contributed by atoms with van der Waals surface area (Å²) in [4.78, 5) is 11.8. The van der Waals surface area contributed by atoms with Gasteiger partial charge in [-0.05, 0) is 49.4 Å². The highest BCUT2D eigenvalue weighted by atomic mass is 16.6. The normalized spacial score (nSPS) is 46.2. The van der Waals surface area contributed by atoms with Gasteiger partial charge in [-0.25, -0.2) is 4.79 Å². The number of rotatable bonds is 3. The Labute approximate surface area is 149 Å². The minimum atomic E-state index is -0.844. The van der Waals surface area contributed by atoms with Crippen LogP contribution < -0.4 is 0 Å². The van der Waals surface area contributed by atoms with E-state index in [2.05, 4.69) is 13.5 Å². The van der Waals surface area contributed by atoms with Crippen molar-refractivity contribution < 1.29 is 24.9 Å². The Hall–Kier alpha value is -1.17. The van der Waals surface area contributed by atoms with Crippen LogP contribution in [0, 0.1) is 22.7 Å². The molecule has 0 spiro atoms. The average Bonchev–Trinajstić information content (AvgIpc) is 2.89. The fraction of sp³-hybridized carbons (Fsp3) is 0.750. The Morgan fingerprint density at radius 3 is 2.64 bits per heavy atom. The van der Waals surface area contributed by atoms with Crippen LogP contribution in [-0.4, -0.2) is 46.7 Å². The van der Waals surface area contributed by atoms with Gasteiger partial charge in [-0.15, -0.1) is 0 Å². The largest absolute Gasteiger partial charge is 0.459 e. The summed E-state index contributed by atoms with van der Waals surface area (Å²) < 4.78 is 4.90. The molecule has 5 heteroatoms. The summed E-state index contributed by atoms with van der Waals surface area (Å²) in [6.45, 7) is 8.50. The van der Waals surface area contributed by atoms with Crippen LogP contribution in [0.1, 0.15) is 46.0 Å². The van der Waals surface area contributed by atoms with Crippen molar-refractivity contribution in [2.45, 2.75) is 58.2 Å². The number of allylic oxidation sites excluding steroid dienone is 2. The van der Waals surface area contributed by atoms with E-state index in [-0.39, 0.29) is 30.5 Å². The van der Waals surface area contributed by atoms with E-state index in [9.17, 15) is 20.1 Å². The summed E-state index contributed by atoms with van der Waals surface area (Å²) in [5, 5.41) is 30.4. The maximum Gasteiger partial charge on any atom is 0.336 e. The van der Waals surface area contributed by atoms with Crippen LogP contribution in [0.2, 0.25) is 0 Å². The zero-order chi connectivity index (χ0) is 18.4. The summed E-state index contributed by atoms with van der Waals surface area (Å²) in [6.07, 6.45) is 4.42. The van der Waals surface area contributed by atoms with Crippen LogP contribution >= 0.6 is 0 Å². The van der Waals surface area contributed by atoms with Gasteiger partial charge in [0.05, 0.1) is 18.3 Å². The minimum Gasteiger partial charge on any atom is -0.459 e. The Kier molecular flexibility index (Phi) is 4.86. The molecule has 25 heavy (non-hydrogen) atoms. The van der Waals surface area contributed by atoms with Crippen LogP contribution in [0.5, 0.6) is 0 Å². The number of aliphatic hydroxyl groups excluding tert-OH is 3. The van der Waals surface area contributed by atoms with Gasteiger partial charge < -0.3 is 20.1 Å². The summed E-state index contributed by atoms with van der Waals surface area (Å²) in [7, 11) is 0. The standard InChI is InChI=1S/C20H30O5/c1-12-4-7-16-19(2,9-8-17(23)20(16,3)11-21)14(12)6-5-13-15(22)10-25-18(13)24/h5,14-17,21-23H,1,4,6-11H2,2-3H3/b13-5+/t14?,15-,16+,17-,19+,20?/m1/s1. The van der Waals surface area contributed by atoms with Crippen LogP contribution in [-0.2, 0) is 9.53 Å². The van der Waals surface area contributed by atoms with Crippen molar-refractivity contribution in [2.24, 2.45) is 22.7 Å². The number of hydrogen-bond acceptors (Lipinski definition) is 5. The van der Waals surface area contributed by atoms with Crippen LogP contribution in [0.3, 0.4) is 0 Å². The molecule has 2 saturated carbocycles. The summed E-state index contributed by atoms with van der Waals surface area (Å²) >= 11 is 0. The van der Waals surface area contributed by atoms with Crippen molar-refractivity contribution in [1.29, 1.82) is 0 Å². The van der Waals surface area contributed by atoms with E-state index >= 15 is 0 Å². The minimum absolute atomic E-state index is 0.0280. The molecular weight excluding hydrogens is 320 g/mol. The van der Waals surface area contributed by atoms with Gasteiger partial charge in [0.2, 0.25) is 0 Å². The highest BCUT2D eigenvalue weighted by Crippen LogP contribution is 2.61. The van der Waals surface area contributed by atoms with Crippen molar-refractivity contribution in [2.75, 3.05) is 13.2 Å². The topological polar surface area (TPSA) is 87.0 Å². The van der Waals surface area contributed by atoms with Crippen molar-refractivity contribution in [3.8, 4) is 0 Å². The summed E-state index contributed by atoms with van der Waals surface area (Å²) in [5.74, 6) is -0.0734. The first-order chi connectivity index (χ1) is 11.7. The molecule has 3 rings (SSSR count). The third kappa shape index (κ3) is 2.86. The van der Waals surface area contributed by atoms with Crippen LogP contribution in [0.25, 0.3) is 0 Å². The van der Waals surface area contributed by atoms with Gasteiger partial charge >= 0.3 is 5.97 Å². The van der Waals surface area contributed by atoms with E-state index in [1.807, 2.05) is 13.0 Å². The van der Waals surface area contributed by atoms with E-state index in [1.54, 1.807) is 0 Å². The van der Waals surface area contributed by atoms with Crippen LogP contribution in [0.15, 0.2) is 23.8 Å². The van der Waals surface area contributed by atoms with Crippen molar-refractivity contribution in [3.63, 3.8) is 0 Å². The lowest BCUT2D eigenvalue weighted by molar-refractivity contribution is -0.151. The van der Waals surface area contributed by atoms with Crippen molar-refractivity contribution >= 4 is 5.97 Å². The smallest absolute Gasteiger partial charge is 0.336 e. The van der Waals surface area contributed by atoms with E-state index in [4.69, 9.17) is 4.74 Å². The fourth-order valence-electron chi connectivity index (χ4n) is 5.56. The first-order valence-corrected chi connectivity index (χ1v) is 9.26. The fourth-order valence-corrected chi connectivity index (χ4v) is 5.56.